The number of nitrogen functional groups attached to an aromatic ring is 1. The molecule has 0 spiro atoms. The van der Waals surface area contributed by atoms with Crippen LogP contribution in [0.1, 0.15) is 11.1 Å². The summed E-state index contributed by atoms with van der Waals surface area (Å²) < 4.78 is 0. The van der Waals surface area contributed by atoms with Gasteiger partial charge >= 0.3 is 0 Å². The molecule has 0 fully saturated rings. The lowest BCUT2D eigenvalue weighted by Crippen LogP contribution is -2.02. The van der Waals surface area contributed by atoms with Crippen molar-refractivity contribution in [1.29, 1.82) is 10.5 Å². The molecular formula is C14H9N4S. The van der Waals surface area contributed by atoms with Crippen LogP contribution in [0.5, 0.6) is 0 Å². The van der Waals surface area contributed by atoms with E-state index >= 15 is 0 Å². The molecule has 0 aliphatic heterocycles. The fourth-order valence-electron chi connectivity index (χ4n) is 1.80. The first kappa shape index (κ1) is 12.9. The standard InChI is InChI=1S/C14H9N4S/c1-19-14-11(8-16)12(9-5-3-2-4-6-9)10(7-15)13(17)18-14/h2-6H,1H2,(H2,17,18). The molecule has 0 unspecified atom stereocenters. The number of thioether (sulfide) groups is 1. The zero-order valence-corrected chi connectivity index (χ0v) is 10.7. The molecule has 19 heavy (non-hydrogen) atoms. The summed E-state index contributed by atoms with van der Waals surface area (Å²) >= 11 is 1.09. The zero-order valence-electron chi connectivity index (χ0n) is 9.92. The number of hydrogen-bond donors (Lipinski definition) is 1. The van der Waals surface area contributed by atoms with Crippen LogP contribution in [0.25, 0.3) is 11.1 Å². The molecule has 2 N–H and O–H groups in total. The molecule has 0 atom stereocenters. The molecule has 2 aromatic rings. The Labute approximate surface area is 115 Å². The van der Waals surface area contributed by atoms with Crippen molar-refractivity contribution in [3.63, 3.8) is 0 Å². The molecule has 2 rings (SSSR count). The molecule has 1 radical (unpaired) electrons. The van der Waals surface area contributed by atoms with Gasteiger partial charge in [0.05, 0.1) is 5.56 Å². The Hall–Kier alpha value is -2.50. The van der Waals surface area contributed by atoms with E-state index in [2.05, 4.69) is 17.3 Å². The average Bonchev–Trinajstić information content (AvgIpc) is 2.46. The largest absolute Gasteiger partial charge is 0.383 e. The fourth-order valence-corrected chi connectivity index (χ4v) is 2.25. The molecular weight excluding hydrogens is 256 g/mol. The van der Waals surface area contributed by atoms with Crippen molar-refractivity contribution in [2.45, 2.75) is 5.03 Å². The van der Waals surface area contributed by atoms with Gasteiger partial charge in [-0.2, -0.15) is 10.5 Å². The lowest BCUT2D eigenvalue weighted by molar-refractivity contribution is 1.12. The van der Waals surface area contributed by atoms with E-state index in [9.17, 15) is 10.5 Å². The number of anilines is 1. The van der Waals surface area contributed by atoms with Crippen LogP contribution in [0.4, 0.5) is 5.82 Å². The van der Waals surface area contributed by atoms with Gasteiger partial charge in [-0.05, 0) is 5.56 Å². The second-order valence-corrected chi connectivity index (χ2v) is 4.34. The van der Waals surface area contributed by atoms with Crippen LogP contribution >= 0.6 is 11.8 Å². The fraction of sp³-hybridized carbons (Fsp3) is 0. The number of pyridine rings is 1. The minimum absolute atomic E-state index is 0.117. The highest BCUT2D eigenvalue weighted by atomic mass is 32.2. The van der Waals surface area contributed by atoms with E-state index in [4.69, 9.17) is 5.73 Å². The van der Waals surface area contributed by atoms with Crippen molar-refractivity contribution in [3.05, 3.63) is 47.7 Å². The Morgan fingerprint density at radius 2 is 1.74 bits per heavy atom. The normalized spacial score (nSPS) is 9.63. The van der Waals surface area contributed by atoms with Gasteiger partial charge in [0.15, 0.2) is 0 Å². The highest BCUT2D eigenvalue weighted by Gasteiger charge is 2.19. The average molecular weight is 265 g/mol. The molecule has 0 amide bonds. The number of hydrogen-bond acceptors (Lipinski definition) is 5. The van der Waals surface area contributed by atoms with E-state index in [0.717, 1.165) is 17.3 Å². The van der Waals surface area contributed by atoms with Crippen LogP contribution < -0.4 is 5.73 Å². The summed E-state index contributed by atoms with van der Waals surface area (Å²) in [5.74, 6) is 0.117. The topological polar surface area (TPSA) is 86.5 Å². The highest BCUT2D eigenvalue weighted by Crippen LogP contribution is 2.34. The smallest absolute Gasteiger partial charge is 0.143 e. The Balaban J connectivity index is 2.88. The van der Waals surface area contributed by atoms with E-state index in [1.54, 1.807) is 0 Å². The third-order valence-corrected chi connectivity index (χ3v) is 3.18. The molecule has 1 heterocycles. The molecule has 0 aliphatic carbocycles. The maximum atomic E-state index is 9.32. The van der Waals surface area contributed by atoms with Crippen molar-refractivity contribution in [2.75, 3.05) is 5.73 Å². The van der Waals surface area contributed by atoms with E-state index in [0.29, 0.717) is 16.2 Å². The molecule has 0 bridgehead atoms. The molecule has 4 nitrogen and oxygen atoms in total. The van der Waals surface area contributed by atoms with Crippen molar-refractivity contribution in [1.82, 2.24) is 4.98 Å². The quantitative estimate of drug-likeness (QED) is 0.843. The van der Waals surface area contributed by atoms with Crippen LogP contribution in [0.15, 0.2) is 35.4 Å². The third-order valence-electron chi connectivity index (χ3n) is 2.61. The monoisotopic (exact) mass is 265 g/mol. The number of nitriles is 2. The summed E-state index contributed by atoms with van der Waals surface area (Å²) in [5, 5.41) is 19.0. The molecule has 0 saturated carbocycles. The first-order chi connectivity index (χ1) is 9.22. The van der Waals surface area contributed by atoms with Crippen LogP contribution in [-0.2, 0) is 0 Å². The number of benzene rings is 1. The molecule has 5 heteroatoms. The molecule has 0 aliphatic rings. The summed E-state index contributed by atoms with van der Waals surface area (Å²) in [5.41, 5.74) is 7.62. The Morgan fingerprint density at radius 1 is 1.11 bits per heavy atom. The lowest BCUT2D eigenvalue weighted by atomic mass is 9.97. The number of aromatic nitrogens is 1. The Morgan fingerprint density at radius 3 is 2.26 bits per heavy atom. The van der Waals surface area contributed by atoms with Gasteiger partial charge in [0.1, 0.15) is 28.5 Å². The van der Waals surface area contributed by atoms with Gasteiger partial charge in [-0.3, -0.25) is 0 Å². The number of nitrogens with two attached hydrogens (primary N) is 1. The molecule has 91 valence electrons. The summed E-state index contributed by atoms with van der Waals surface area (Å²) in [7, 11) is 0. The van der Waals surface area contributed by atoms with E-state index in [1.807, 2.05) is 36.4 Å². The maximum absolute atomic E-state index is 9.32. The van der Waals surface area contributed by atoms with E-state index in [1.165, 1.54) is 0 Å². The SMILES string of the molecule is [CH2]Sc1nc(N)c(C#N)c(-c2ccccc2)c1C#N. The van der Waals surface area contributed by atoms with Gasteiger partial charge in [0.25, 0.3) is 0 Å². The molecule has 1 aromatic heterocycles. The van der Waals surface area contributed by atoms with Gasteiger partial charge in [0, 0.05) is 11.8 Å². The second-order valence-electron chi connectivity index (χ2n) is 3.66. The number of nitrogens with zero attached hydrogens (tertiary/aromatic N) is 3. The minimum Gasteiger partial charge on any atom is -0.383 e. The van der Waals surface area contributed by atoms with Crippen molar-refractivity contribution in [2.24, 2.45) is 0 Å². The van der Waals surface area contributed by atoms with E-state index in [-0.39, 0.29) is 11.4 Å². The first-order valence-corrected chi connectivity index (χ1v) is 6.32. The molecule has 1 aromatic carbocycles. The first-order valence-electron chi connectivity index (χ1n) is 5.34. The maximum Gasteiger partial charge on any atom is 0.143 e. The van der Waals surface area contributed by atoms with Gasteiger partial charge in [-0.1, -0.05) is 30.3 Å². The van der Waals surface area contributed by atoms with E-state index < -0.39 is 0 Å². The predicted octanol–water partition coefficient (Wildman–Crippen LogP) is 2.96. The van der Waals surface area contributed by atoms with Crippen LogP contribution in [0, 0.1) is 28.9 Å². The van der Waals surface area contributed by atoms with Gasteiger partial charge < -0.3 is 5.73 Å². The van der Waals surface area contributed by atoms with Crippen molar-refractivity contribution >= 4 is 17.6 Å². The van der Waals surface area contributed by atoms with Crippen LogP contribution in [0.2, 0.25) is 0 Å². The highest BCUT2D eigenvalue weighted by molar-refractivity contribution is 8.00. The van der Waals surface area contributed by atoms with Crippen molar-refractivity contribution < 1.29 is 0 Å². The Bertz CT molecular complexity index is 696. The summed E-state index contributed by atoms with van der Waals surface area (Å²) in [6, 6.07) is 13.3. The van der Waals surface area contributed by atoms with Crippen LogP contribution in [0.3, 0.4) is 0 Å². The zero-order chi connectivity index (χ0) is 13.8. The van der Waals surface area contributed by atoms with Crippen molar-refractivity contribution in [3.8, 4) is 23.3 Å². The summed E-state index contributed by atoms with van der Waals surface area (Å²) in [6.07, 6.45) is 3.66. The lowest BCUT2D eigenvalue weighted by Gasteiger charge is -2.11. The summed E-state index contributed by atoms with van der Waals surface area (Å²) in [4.78, 5) is 4.05. The predicted molar refractivity (Wildman–Crippen MR) is 74.7 cm³/mol. The third kappa shape index (κ3) is 2.24. The molecule has 0 saturated heterocycles. The Kier molecular flexibility index (Phi) is 3.70. The van der Waals surface area contributed by atoms with Gasteiger partial charge in [-0.15, -0.1) is 11.8 Å². The number of rotatable bonds is 2. The minimum atomic E-state index is 0.117. The van der Waals surface area contributed by atoms with Crippen LogP contribution in [-0.4, -0.2) is 4.98 Å². The van der Waals surface area contributed by atoms with Gasteiger partial charge in [0.2, 0.25) is 0 Å². The second kappa shape index (κ2) is 5.43. The van der Waals surface area contributed by atoms with Gasteiger partial charge in [-0.25, -0.2) is 4.98 Å². The summed E-state index contributed by atoms with van der Waals surface area (Å²) in [6.45, 7) is 0.